The number of hydrogen-bond acceptors (Lipinski definition) is 3. The minimum Gasteiger partial charge on any atom is -0.321 e. The first-order chi connectivity index (χ1) is 12.3. The Morgan fingerprint density at radius 2 is 2.08 bits per heavy atom. The molecule has 0 aliphatic carbocycles. The Kier molecular flexibility index (Phi) is 8.13. The molecule has 3 rings (SSSR count). The van der Waals surface area contributed by atoms with E-state index in [2.05, 4.69) is 34.8 Å². The number of aromatic nitrogens is 2. The van der Waals surface area contributed by atoms with E-state index in [1.807, 2.05) is 23.0 Å². The highest BCUT2D eigenvalue weighted by molar-refractivity contribution is 6.02. The molecule has 6 heteroatoms. The lowest BCUT2D eigenvalue weighted by molar-refractivity contribution is 0.102. The number of carbonyl (C=O) groups is 1. The fourth-order valence-corrected chi connectivity index (χ4v) is 3.25. The van der Waals surface area contributed by atoms with Gasteiger partial charge in [0, 0.05) is 18.4 Å². The van der Waals surface area contributed by atoms with Gasteiger partial charge in [-0.1, -0.05) is 31.9 Å². The Hall–Kier alpha value is -1.85. The summed E-state index contributed by atoms with van der Waals surface area (Å²) < 4.78 is 1.91. The Balaban J connectivity index is 0.00000243. The highest BCUT2D eigenvalue weighted by atomic mass is 35.5. The minimum absolute atomic E-state index is 0. The van der Waals surface area contributed by atoms with Gasteiger partial charge in [0.05, 0.1) is 6.04 Å². The second-order valence-electron chi connectivity index (χ2n) is 6.79. The van der Waals surface area contributed by atoms with Crippen LogP contribution in [-0.2, 0) is 6.42 Å². The summed E-state index contributed by atoms with van der Waals surface area (Å²) in [6, 6.07) is 10.3. The zero-order valence-corrected chi connectivity index (χ0v) is 16.2. The fourth-order valence-electron chi connectivity index (χ4n) is 3.25. The van der Waals surface area contributed by atoms with Crippen molar-refractivity contribution in [2.45, 2.75) is 51.5 Å². The first-order valence-corrected chi connectivity index (χ1v) is 9.42. The summed E-state index contributed by atoms with van der Waals surface area (Å²) in [5.41, 5.74) is 2.61. The number of hydrogen-bond donors (Lipinski definition) is 2. The number of nitrogens with zero attached hydrogens (tertiary/aromatic N) is 2. The number of piperidine rings is 1. The molecule has 1 aromatic carbocycles. The molecule has 26 heavy (non-hydrogen) atoms. The maximum absolute atomic E-state index is 12.4. The summed E-state index contributed by atoms with van der Waals surface area (Å²) in [7, 11) is 0. The smallest absolute Gasteiger partial charge is 0.276 e. The number of benzene rings is 1. The van der Waals surface area contributed by atoms with Crippen molar-refractivity contribution in [1.82, 2.24) is 15.1 Å². The van der Waals surface area contributed by atoms with Crippen molar-refractivity contribution >= 4 is 24.0 Å². The zero-order chi connectivity index (χ0) is 17.5. The van der Waals surface area contributed by atoms with Crippen molar-refractivity contribution in [3.63, 3.8) is 0 Å². The van der Waals surface area contributed by atoms with Crippen LogP contribution in [0.2, 0.25) is 0 Å². The van der Waals surface area contributed by atoms with Crippen LogP contribution in [0, 0.1) is 0 Å². The van der Waals surface area contributed by atoms with Gasteiger partial charge < -0.3 is 10.6 Å². The number of rotatable bonds is 7. The quantitative estimate of drug-likeness (QED) is 0.711. The van der Waals surface area contributed by atoms with E-state index in [0.717, 1.165) is 38.0 Å². The number of unbranched alkanes of at least 4 members (excludes halogenated alkanes) is 2. The number of anilines is 1. The molecule has 1 saturated heterocycles. The van der Waals surface area contributed by atoms with E-state index in [4.69, 9.17) is 0 Å². The van der Waals surface area contributed by atoms with Gasteiger partial charge in [-0.05, 0) is 56.0 Å². The molecule has 0 radical (unpaired) electrons. The van der Waals surface area contributed by atoms with Gasteiger partial charge in [0.2, 0.25) is 0 Å². The molecule has 0 saturated carbocycles. The molecule has 1 unspecified atom stereocenters. The summed E-state index contributed by atoms with van der Waals surface area (Å²) >= 11 is 0. The molecule has 0 bridgehead atoms. The number of halogens is 1. The molecular weight excluding hydrogens is 348 g/mol. The summed E-state index contributed by atoms with van der Waals surface area (Å²) in [6.07, 6.45) is 8.97. The van der Waals surface area contributed by atoms with Gasteiger partial charge in [-0.25, -0.2) is 0 Å². The Labute approximate surface area is 162 Å². The molecule has 1 amide bonds. The van der Waals surface area contributed by atoms with Crippen molar-refractivity contribution in [2.75, 3.05) is 18.4 Å². The second-order valence-corrected chi connectivity index (χ2v) is 6.79. The maximum atomic E-state index is 12.4. The Morgan fingerprint density at radius 3 is 2.77 bits per heavy atom. The van der Waals surface area contributed by atoms with Crippen LogP contribution in [-0.4, -0.2) is 28.8 Å². The monoisotopic (exact) mass is 376 g/mol. The number of aryl methyl sites for hydroxylation is 1. The number of carbonyl (C=O) groups excluding carboxylic acids is 1. The molecule has 142 valence electrons. The van der Waals surface area contributed by atoms with Gasteiger partial charge >= 0.3 is 0 Å². The topological polar surface area (TPSA) is 59.0 Å². The first kappa shape index (κ1) is 20.5. The third-order valence-electron chi connectivity index (χ3n) is 4.77. The van der Waals surface area contributed by atoms with Crippen molar-refractivity contribution in [2.24, 2.45) is 0 Å². The van der Waals surface area contributed by atoms with E-state index >= 15 is 0 Å². The summed E-state index contributed by atoms with van der Waals surface area (Å²) in [6.45, 7) is 4.20. The third-order valence-corrected chi connectivity index (χ3v) is 4.77. The largest absolute Gasteiger partial charge is 0.321 e. The molecule has 2 N–H and O–H groups in total. The first-order valence-electron chi connectivity index (χ1n) is 9.42. The van der Waals surface area contributed by atoms with E-state index in [1.165, 1.54) is 24.8 Å². The fraction of sp³-hybridized carbons (Fsp3) is 0.500. The van der Waals surface area contributed by atoms with Crippen molar-refractivity contribution in [3.8, 4) is 0 Å². The summed E-state index contributed by atoms with van der Waals surface area (Å²) in [5.74, 6) is -0.152. The molecular formula is C20H29ClN4O. The Bertz CT molecular complexity index is 677. The molecule has 1 aromatic heterocycles. The van der Waals surface area contributed by atoms with Crippen LogP contribution < -0.4 is 10.6 Å². The van der Waals surface area contributed by atoms with Crippen LogP contribution >= 0.6 is 12.4 Å². The van der Waals surface area contributed by atoms with Crippen molar-refractivity contribution in [3.05, 3.63) is 47.8 Å². The highest BCUT2D eigenvalue weighted by Crippen LogP contribution is 2.17. The lowest BCUT2D eigenvalue weighted by atomic mass is 10.1. The molecule has 0 spiro atoms. The molecule has 1 atom stereocenters. The Morgan fingerprint density at radius 1 is 1.27 bits per heavy atom. The minimum atomic E-state index is -0.152. The van der Waals surface area contributed by atoms with Crippen LogP contribution in [0.25, 0.3) is 0 Å². The number of nitrogens with one attached hydrogen (secondary N) is 2. The van der Waals surface area contributed by atoms with Gasteiger partial charge in [0.25, 0.3) is 5.91 Å². The van der Waals surface area contributed by atoms with Gasteiger partial charge in [0.1, 0.15) is 0 Å². The molecule has 1 aliphatic rings. The standard InChI is InChI=1S/C20H28N4O.ClH/c1-2-3-4-6-16-8-10-17(11-9-16)22-20(25)19-12-14-24(23-19)18-7-5-13-21-15-18;/h8-12,14,18,21H,2-7,13,15H2,1H3,(H,22,25);1H. The zero-order valence-electron chi connectivity index (χ0n) is 15.4. The van der Waals surface area contributed by atoms with Gasteiger partial charge in [-0.15, -0.1) is 12.4 Å². The van der Waals surface area contributed by atoms with Crippen LogP contribution in [0.3, 0.4) is 0 Å². The molecule has 2 heterocycles. The maximum Gasteiger partial charge on any atom is 0.276 e. The van der Waals surface area contributed by atoms with E-state index in [-0.39, 0.29) is 18.3 Å². The van der Waals surface area contributed by atoms with Gasteiger partial charge in [-0.2, -0.15) is 5.10 Å². The van der Waals surface area contributed by atoms with Crippen molar-refractivity contribution < 1.29 is 4.79 Å². The predicted molar refractivity (Wildman–Crippen MR) is 108 cm³/mol. The summed E-state index contributed by atoms with van der Waals surface area (Å²) in [4.78, 5) is 12.4. The highest BCUT2D eigenvalue weighted by Gasteiger charge is 2.17. The van der Waals surface area contributed by atoms with Crippen LogP contribution in [0.4, 0.5) is 5.69 Å². The third kappa shape index (κ3) is 5.58. The predicted octanol–water partition coefficient (Wildman–Crippen LogP) is 4.21. The second kappa shape index (κ2) is 10.3. The average Bonchev–Trinajstić information content (AvgIpc) is 3.14. The van der Waals surface area contributed by atoms with E-state index < -0.39 is 0 Å². The molecule has 5 nitrogen and oxygen atoms in total. The van der Waals surface area contributed by atoms with E-state index in [0.29, 0.717) is 11.7 Å². The number of amides is 1. The van der Waals surface area contributed by atoms with Crippen LogP contribution in [0.5, 0.6) is 0 Å². The van der Waals surface area contributed by atoms with Crippen molar-refractivity contribution in [1.29, 1.82) is 0 Å². The average molecular weight is 377 g/mol. The lowest BCUT2D eigenvalue weighted by Gasteiger charge is -2.22. The molecule has 2 aromatic rings. The van der Waals surface area contributed by atoms with Gasteiger partial charge in [0.15, 0.2) is 5.69 Å². The lowest BCUT2D eigenvalue weighted by Crippen LogP contribution is -2.32. The summed E-state index contributed by atoms with van der Waals surface area (Å²) in [5, 5.41) is 10.8. The van der Waals surface area contributed by atoms with Crippen LogP contribution in [0.15, 0.2) is 36.5 Å². The van der Waals surface area contributed by atoms with Crippen LogP contribution in [0.1, 0.15) is 61.1 Å². The SMILES string of the molecule is CCCCCc1ccc(NC(=O)c2ccn(C3CCCNC3)n2)cc1.Cl. The van der Waals surface area contributed by atoms with Gasteiger partial charge in [-0.3, -0.25) is 9.48 Å². The normalized spacial score (nSPS) is 16.7. The molecule has 1 fully saturated rings. The van der Waals surface area contributed by atoms with E-state index in [9.17, 15) is 4.79 Å². The molecule has 1 aliphatic heterocycles. The van der Waals surface area contributed by atoms with E-state index in [1.54, 1.807) is 6.07 Å².